The van der Waals surface area contributed by atoms with Crippen molar-refractivity contribution in [2.24, 2.45) is 0 Å². The van der Waals surface area contributed by atoms with E-state index < -0.39 is 0 Å². The maximum absolute atomic E-state index is 13.6. The molecule has 5 nitrogen and oxygen atoms in total. The van der Waals surface area contributed by atoms with Gasteiger partial charge in [0.05, 0.1) is 12.7 Å². The number of amides is 1. The predicted octanol–water partition coefficient (Wildman–Crippen LogP) is 2.70. The summed E-state index contributed by atoms with van der Waals surface area (Å²) in [6.45, 7) is 1.04. The summed E-state index contributed by atoms with van der Waals surface area (Å²) >= 11 is 0. The molecule has 0 saturated heterocycles. The number of carbonyl (C=O) groups is 1. The van der Waals surface area contributed by atoms with E-state index in [0.29, 0.717) is 30.9 Å². The number of fused-ring (bicyclic) bond motifs is 1. The Kier molecular flexibility index (Phi) is 6.04. The minimum atomic E-state index is -0.315. The summed E-state index contributed by atoms with van der Waals surface area (Å²) in [6, 6.07) is 2.88. The van der Waals surface area contributed by atoms with Crippen molar-refractivity contribution in [3.63, 3.8) is 0 Å². The minimum Gasteiger partial charge on any atom is -0.467 e. The van der Waals surface area contributed by atoms with Crippen LogP contribution < -0.4 is 10.1 Å². The molecule has 1 N–H and O–H groups in total. The highest BCUT2D eigenvalue weighted by molar-refractivity contribution is 5.77. The Morgan fingerprint density at radius 2 is 2.12 bits per heavy atom. The van der Waals surface area contributed by atoms with Gasteiger partial charge < -0.3 is 19.5 Å². The van der Waals surface area contributed by atoms with Crippen LogP contribution in [0.5, 0.6) is 5.75 Å². The van der Waals surface area contributed by atoms with Crippen LogP contribution in [0.2, 0.25) is 0 Å². The van der Waals surface area contributed by atoms with Crippen LogP contribution in [0.1, 0.15) is 43.2 Å². The van der Waals surface area contributed by atoms with E-state index in [2.05, 4.69) is 5.32 Å². The summed E-state index contributed by atoms with van der Waals surface area (Å²) in [6.07, 6.45) is 6.44. The highest BCUT2D eigenvalue weighted by Crippen LogP contribution is 2.29. The van der Waals surface area contributed by atoms with Crippen LogP contribution >= 0.6 is 0 Å². The van der Waals surface area contributed by atoms with Crippen LogP contribution in [0.15, 0.2) is 12.1 Å². The van der Waals surface area contributed by atoms with Crippen molar-refractivity contribution in [2.45, 2.75) is 51.2 Å². The number of benzene rings is 1. The standard InChI is InChI=1S/C18H24FNO4/c19-15-8-13(18-14(9-15)10-22-12-24-18)6-7-20-17(21)11-23-16-4-2-1-3-5-16/h8-9,16H,1-7,10-12H2,(H,20,21). The second-order valence-electron chi connectivity index (χ2n) is 6.33. The Balaban J connectivity index is 1.44. The zero-order valence-electron chi connectivity index (χ0n) is 13.8. The van der Waals surface area contributed by atoms with Gasteiger partial charge in [-0.3, -0.25) is 4.79 Å². The molecule has 1 aromatic carbocycles. The van der Waals surface area contributed by atoms with Gasteiger partial charge in [0.1, 0.15) is 18.2 Å². The molecule has 0 aromatic heterocycles. The first-order valence-electron chi connectivity index (χ1n) is 8.62. The van der Waals surface area contributed by atoms with Crippen LogP contribution in [0.4, 0.5) is 4.39 Å². The number of carbonyl (C=O) groups excluding carboxylic acids is 1. The van der Waals surface area contributed by atoms with E-state index in [4.69, 9.17) is 14.2 Å². The number of hydrogen-bond acceptors (Lipinski definition) is 4. The van der Waals surface area contributed by atoms with E-state index in [0.717, 1.165) is 18.4 Å². The molecule has 1 aliphatic heterocycles. The maximum atomic E-state index is 13.6. The number of hydrogen-bond donors (Lipinski definition) is 1. The monoisotopic (exact) mass is 337 g/mol. The summed E-state index contributed by atoms with van der Waals surface area (Å²) in [7, 11) is 0. The summed E-state index contributed by atoms with van der Waals surface area (Å²) in [5.74, 6) is 0.232. The molecule has 1 saturated carbocycles. The average molecular weight is 337 g/mol. The van der Waals surface area contributed by atoms with Crippen molar-refractivity contribution in [3.05, 3.63) is 29.1 Å². The minimum absolute atomic E-state index is 0.0935. The van der Waals surface area contributed by atoms with Crippen molar-refractivity contribution < 1.29 is 23.4 Å². The SMILES string of the molecule is O=C(COC1CCCCC1)NCCc1cc(F)cc2c1OCOC2. The zero-order valence-corrected chi connectivity index (χ0v) is 13.8. The van der Waals surface area contributed by atoms with Crippen LogP contribution in [0.25, 0.3) is 0 Å². The Morgan fingerprint density at radius 1 is 1.29 bits per heavy atom. The van der Waals surface area contributed by atoms with E-state index >= 15 is 0 Å². The highest BCUT2D eigenvalue weighted by atomic mass is 19.1. The van der Waals surface area contributed by atoms with Crippen molar-refractivity contribution >= 4 is 5.91 Å². The van der Waals surface area contributed by atoms with Gasteiger partial charge in [-0.15, -0.1) is 0 Å². The van der Waals surface area contributed by atoms with Crippen LogP contribution in [0.3, 0.4) is 0 Å². The average Bonchev–Trinajstić information content (AvgIpc) is 2.60. The molecular formula is C18H24FNO4. The fourth-order valence-corrected chi connectivity index (χ4v) is 3.26. The summed E-state index contributed by atoms with van der Waals surface area (Å²) in [5, 5.41) is 2.82. The van der Waals surface area contributed by atoms with Gasteiger partial charge in [0, 0.05) is 12.1 Å². The molecule has 0 bridgehead atoms. The Labute approximate surface area is 141 Å². The topological polar surface area (TPSA) is 56.8 Å². The quantitative estimate of drug-likeness (QED) is 0.867. The molecule has 2 aliphatic rings. The van der Waals surface area contributed by atoms with Crippen molar-refractivity contribution in [1.82, 2.24) is 5.32 Å². The third-order valence-corrected chi connectivity index (χ3v) is 4.47. The molecule has 6 heteroatoms. The molecule has 1 heterocycles. The van der Waals surface area contributed by atoms with Crippen LogP contribution in [0, 0.1) is 5.82 Å². The van der Waals surface area contributed by atoms with Crippen molar-refractivity contribution in [2.75, 3.05) is 19.9 Å². The summed E-state index contributed by atoms with van der Waals surface area (Å²) in [4.78, 5) is 11.9. The molecule has 0 atom stereocenters. The molecule has 0 radical (unpaired) electrons. The molecule has 1 aliphatic carbocycles. The lowest BCUT2D eigenvalue weighted by molar-refractivity contribution is -0.128. The lowest BCUT2D eigenvalue weighted by Gasteiger charge is -2.22. The van der Waals surface area contributed by atoms with E-state index in [-0.39, 0.29) is 31.2 Å². The van der Waals surface area contributed by atoms with Gasteiger partial charge >= 0.3 is 0 Å². The second kappa shape index (κ2) is 8.44. The van der Waals surface area contributed by atoms with Crippen LogP contribution in [-0.4, -0.2) is 32.0 Å². The highest BCUT2D eigenvalue weighted by Gasteiger charge is 2.18. The Morgan fingerprint density at radius 3 is 2.96 bits per heavy atom. The molecule has 132 valence electrons. The van der Waals surface area contributed by atoms with E-state index in [1.54, 1.807) is 0 Å². The molecule has 3 rings (SSSR count). The lowest BCUT2D eigenvalue weighted by Crippen LogP contribution is -2.32. The van der Waals surface area contributed by atoms with Gasteiger partial charge in [0.25, 0.3) is 0 Å². The van der Waals surface area contributed by atoms with Gasteiger partial charge in [-0.05, 0) is 37.0 Å². The first-order valence-corrected chi connectivity index (χ1v) is 8.62. The second-order valence-corrected chi connectivity index (χ2v) is 6.33. The predicted molar refractivity (Wildman–Crippen MR) is 86.2 cm³/mol. The van der Waals surface area contributed by atoms with Gasteiger partial charge in [0.15, 0.2) is 6.79 Å². The fraction of sp³-hybridized carbons (Fsp3) is 0.611. The van der Waals surface area contributed by atoms with Crippen LogP contribution in [-0.2, 0) is 27.3 Å². The van der Waals surface area contributed by atoms with E-state index in [1.807, 2.05) is 0 Å². The first-order chi connectivity index (χ1) is 11.7. The zero-order chi connectivity index (χ0) is 16.8. The smallest absolute Gasteiger partial charge is 0.246 e. The first kappa shape index (κ1) is 17.2. The lowest BCUT2D eigenvalue weighted by atomic mass is 9.98. The van der Waals surface area contributed by atoms with E-state index in [1.165, 1.54) is 31.4 Å². The number of nitrogens with one attached hydrogen (secondary N) is 1. The maximum Gasteiger partial charge on any atom is 0.246 e. The molecule has 0 unspecified atom stereocenters. The van der Waals surface area contributed by atoms with Gasteiger partial charge in [0.2, 0.25) is 5.91 Å². The molecule has 0 spiro atoms. The third kappa shape index (κ3) is 4.68. The number of rotatable bonds is 6. The molecule has 1 amide bonds. The summed E-state index contributed by atoms with van der Waals surface area (Å²) < 4.78 is 29.9. The Hall–Kier alpha value is -1.66. The van der Waals surface area contributed by atoms with Gasteiger partial charge in [-0.25, -0.2) is 4.39 Å². The van der Waals surface area contributed by atoms with Gasteiger partial charge in [-0.2, -0.15) is 0 Å². The largest absolute Gasteiger partial charge is 0.467 e. The number of halogens is 1. The van der Waals surface area contributed by atoms with E-state index in [9.17, 15) is 9.18 Å². The molecule has 1 fully saturated rings. The van der Waals surface area contributed by atoms with Crippen molar-refractivity contribution in [3.8, 4) is 5.75 Å². The van der Waals surface area contributed by atoms with Gasteiger partial charge in [-0.1, -0.05) is 19.3 Å². The molecular weight excluding hydrogens is 313 g/mol. The number of ether oxygens (including phenoxy) is 3. The third-order valence-electron chi connectivity index (χ3n) is 4.47. The fourth-order valence-electron chi connectivity index (χ4n) is 3.26. The Bertz CT molecular complexity index is 572. The summed E-state index contributed by atoms with van der Waals surface area (Å²) in [5.41, 5.74) is 1.46. The van der Waals surface area contributed by atoms with Crippen molar-refractivity contribution in [1.29, 1.82) is 0 Å². The molecule has 1 aromatic rings. The molecule has 24 heavy (non-hydrogen) atoms. The normalized spacial score (nSPS) is 17.9.